The molecule has 0 radical (unpaired) electrons. The molecule has 0 fully saturated rings. The van der Waals surface area contributed by atoms with Gasteiger partial charge < -0.3 is 5.73 Å². The van der Waals surface area contributed by atoms with Crippen LogP contribution in [0.5, 0.6) is 0 Å². The van der Waals surface area contributed by atoms with Crippen LogP contribution in [0.4, 0.5) is 5.69 Å². The molecule has 0 atom stereocenters. The Balaban J connectivity index is 2.54. The number of benzene rings is 1. The van der Waals surface area contributed by atoms with Crippen molar-refractivity contribution in [3.05, 3.63) is 46.6 Å². The summed E-state index contributed by atoms with van der Waals surface area (Å²) in [6.45, 7) is 0. The van der Waals surface area contributed by atoms with Crippen LogP contribution in [0, 0.1) is 0 Å². The van der Waals surface area contributed by atoms with Gasteiger partial charge in [-0.15, -0.1) is 0 Å². The van der Waals surface area contributed by atoms with Crippen molar-refractivity contribution in [1.29, 1.82) is 0 Å². The molecule has 0 aliphatic rings. The zero-order valence-corrected chi connectivity index (χ0v) is 9.26. The van der Waals surface area contributed by atoms with E-state index < -0.39 is 0 Å². The highest BCUT2D eigenvalue weighted by molar-refractivity contribution is 6.43. The van der Waals surface area contributed by atoms with E-state index >= 15 is 0 Å². The molecule has 1 heterocycles. The number of anilines is 1. The summed E-state index contributed by atoms with van der Waals surface area (Å²) in [4.78, 5) is 4.18. The van der Waals surface area contributed by atoms with E-state index in [4.69, 9.17) is 28.9 Å². The average molecular weight is 239 g/mol. The predicted molar refractivity (Wildman–Crippen MR) is 64.1 cm³/mol. The number of nitrogen functional groups attached to an aromatic ring is 1. The zero-order chi connectivity index (χ0) is 10.8. The first-order valence-corrected chi connectivity index (χ1v) is 5.10. The van der Waals surface area contributed by atoms with Crippen molar-refractivity contribution in [2.45, 2.75) is 0 Å². The van der Waals surface area contributed by atoms with E-state index in [1.54, 1.807) is 18.3 Å². The summed E-state index contributed by atoms with van der Waals surface area (Å²) < 4.78 is 0. The maximum Gasteiger partial charge on any atom is 0.0719 e. The van der Waals surface area contributed by atoms with Crippen LogP contribution in [0.3, 0.4) is 0 Å². The Kier molecular flexibility index (Phi) is 2.80. The molecule has 4 heteroatoms. The molecule has 0 aliphatic carbocycles. The molecule has 0 unspecified atom stereocenters. The quantitative estimate of drug-likeness (QED) is 0.825. The third kappa shape index (κ3) is 2.06. The van der Waals surface area contributed by atoms with Crippen LogP contribution in [-0.2, 0) is 0 Å². The van der Waals surface area contributed by atoms with Gasteiger partial charge in [-0.2, -0.15) is 0 Å². The summed E-state index contributed by atoms with van der Waals surface area (Å²) >= 11 is 12.0. The van der Waals surface area contributed by atoms with Gasteiger partial charge >= 0.3 is 0 Å². The summed E-state index contributed by atoms with van der Waals surface area (Å²) in [5, 5.41) is 1.03. The van der Waals surface area contributed by atoms with Gasteiger partial charge in [-0.1, -0.05) is 35.3 Å². The van der Waals surface area contributed by atoms with Gasteiger partial charge in [-0.05, 0) is 18.2 Å². The summed E-state index contributed by atoms with van der Waals surface area (Å²) in [5.41, 5.74) is 7.74. The van der Waals surface area contributed by atoms with Crippen molar-refractivity contribution in [3.8, 4) is 11.3 Å². The smallest absolute Gasteiger partial charge is 0.0719 e. The molecule has 1 aromatic carbocycles. The molecule has 1 aromatic heterocycles. The SMILES string of the molecule is Nc1ccc(-c2cccc(Cl)c2Cl)nc1. The Morgan fingerprint density at radius 1 is 1.07 bits per heavy atom. The van der Waals surface area contributed by atoms with E-state index in [-0.39, 0.29) is 0 Å². The molecule has 0 saturated heterocycles. The zero-order valence-electron chi connectivity index (χ0n) is 7.74. The predicted octanol–water partition coefficient (Wildman–Crippen LogP) is 3.64. The van der Waals surface area contributed by atoms with E-state index in [1.165, 1.54) is 0 Å². The number of hydrogen-bond acceptors (Lipinski definition) is 2. The number of nitrogens with zero attached hydrogens (tertiary/aromatic N) is 1. The summed E-state index contributed by atoms with van der Waals surface area (Å²) in [5.74, 6) is 0. The molecule has 0 amide bonds. The minimum Gasteiger partial charge on any atom is -0.397 e. The van der Waals surface area contributed by atoms with Crippen molar-refractivity contribution >= 4 is 28.9 Å². The molecule has 15 heavy (non-hydrogen) atoms. The number of pyridine rings is 1. The van der Waals surface area contributed by atoms with Crippen LogP contribution in [0.1, 0.15) is 0 Å². The summed E-state index contributed by atoms with van der Waals surface area (Å²) in [6.07, 6.45) is 1.59. The van der Waals surface area contributed by atoms with Crippen molar-refractivity contribution in [1.82, 2.24) is 4.98 Å². The molecule has 0 bridgehead atoms. The molecule has 2 aromatic rings. The second-order valence-corrected chi connectivity index (χ2v) is 3.86. The van der Waals surface area contributed by atoms with E-state index in [0.29, 0.717) is 15.7 Å². The second-order valence-electron chi connectivity index (χ2n) is 3.08. The van der Waals surface area contributed by atoms with Crippen molar-refractivity contribution in [2.75, 3.05) is 5.73 Å². The topological polar surface area (TPSA) is 38.9 Å². The lowest BCUT2D eigenvalue weighted by Gasteiger charge is -2.04. The monoisotopic (exact) mass is 238 g/mol. The molecular formula is C11H8Cl2N2. The standard InChI is InChI=1S/C11H8Cl2N2/c12-9-3-1-2-8(11(9)13)10-5-4-7(14)6-15-10/h1-6H,14H2. The van der Waals surface area contributed by atoms with Gasteiger partial charge in [-0.3, -0.25) is 4.98 Å². The molecule has 0 saturated carbocycles. The van der Waals surface area contributed by atoms with E-state index in [0.717, 1.165) is 11.3 Å². The third-order valence-corrected chi connectivity index (χ3v) is 2.83. The van der Waals surface area contributed by atoms with E-state index in [2.05, 4.69) is 4.98 Å². The largest absolute Gasteiger partial charge is 0.397 e. The maximum absolute atomic E-state index is 6.06. The van der Waals surface area contributed by atoms with Crippen LogP contribution in [-0.4, -0.2) is 4.98 Å². The first-order chi connectivity index (χ1) is 7.18. The fourth-order valence-corrected chi connectivity index (χ4v) is 1.66. The van der Waals surface area contributed by atoms with Crippen molar-refractivity contribution in [3.63, 3.8) is 0 Å². The lowest BCUT2D eigenvalue weighted by atomic mass is 10.1. The number of rotatable bonds is 1. The van der Waals surface area contributed by atoms with E-state index in [9.17, 15) is 0 Å². The highest BCUT2D eigenvalue weighted by Crippen LogP contribution is 2.32. The highest BCUT2D eigenvalue weighted by Gasteiger charge is 2.07. The van der Waals surface area contributed by atoms with Gasteiger partial charge in [0.05, 0.1) is 27.6 Å². The first kappa shape index (κ1) is 10.3. The van der Waals surface area contributed by atoms with Gasteiger partial charge in [0.15, 0.2) is 0 Å². The molecule has 0 aliphatic heterocycles. The van der Waals surface area contributed by atoms with Crippen LogP contribution < -0.4 is 5.73 Å². The van der Waals surface area contributed by atoms with Crippen LogP contribution in [0.15, 0.2) is 36.5 Å². The van der Waals surface area contributed by atoms with Gasteiger partial charge in [0.2, 0.25) is 0 Å². The van der Waals surface area contributed by atoms with Gasteiger partial charge in [-0.25, -0.2) is 0 Å². The molecule has 2 nitrogen and oxygen atoms in total. The Hall–Kier alpha value is -1.25. The minimum atomic E-state index is 0.511. The number of nitrogens with two attached hydrogens (primary N) is 1. The van der Waals surface area contributed by atoms with Gasteiger partial charge in [0.25, 0.3) is 0 Å². The van der Waals surface area contributed by atoms with Crippen molar-refractivity contribution in [2.24, 2.45) is 0 Å². The number of aromatic nitrogens is 1. The first-order valence-electron chi connectivity index (χ1n) is 4.34. The summed E-state index contributed by atoms with van der Waals surface area (Å²) in [7, 11) is 0. The Morgan fingerprint density at radius 3 is 2.53 bits per heavy atom. The average Bonchev–Trinajstić information content (AvgIpc) is 2.24. The molecule has 2 rings (SSSR count). The lowest BCUT2D eigenvalue weighted by Crippen LogP contribution is -1.88. The Morgan fingerprint density at radius 2 is 1.87 bits per heavy atom. The Labute approximate surface area is 97.7 Å². The van der Waals surface area contributed by atoms with Gasteiger partial charge in [0, 0.05) is 5.56 Å². The second kappa shape index (κ2) is 4.09. The van der Waals surface area contributed by atoms with Crippen molar-refractivity contribution < 1.29 is 0 Å². The fourth-order valence-electron chi connectivity index (χ4n) is 1.27. The summed E-state index contributed by atoms with van der Waals surface area (Å²) in [6, 6.07) is 9.03. The molecule has 2 N–H and O–H groups in total. The third-order valence-electron chi connectivity index (χ3n) is 2.01. The molecule has 76 valence electrons. The van der Waals surface area contributed by atoms with Crippen LogP contribution in [0.2, 0.25) is 10.0 Å². The molecular weight excluding hydrogens is 231 g/mol. The minimum absolute atomic E-state index is 0.511. The van der Waals surface area contributed by atoms with Gasteiger partial charge in [0.1, 0.15) is 0 Å². The maximum atomic E-state index is 6.06. The van der Waals surface area contributed by atoms with Crippen LogP contribution >= 0.6 is 23.2 Å². The van der Waals surface area contributed by atoms with E-state index in [1.807, 2.05) is 18.2 Å². The van der Waals surface area contributed by atoms with Crippen LogP contribution in [0.25, 0.3) is 11.3 Å². The number of halogens is 2. The normalized spacial score (nSPS) is 10.3. The Bertz CT molecular complexity index is 480. The molecule has 0 spiro atoms. The lowest BCUT2D eigenvalue weighted by molar-refractivity contribution is 1.33. The number of hydrogen-bond donors (Lipinski definition) is 1. The fraction of sp³-hybridized carbons (Fsp3) is 0. The highest BCUT2D eigenvalue weighted by atomic mass is 35.5.